The molecule has 4 rings (SSSR count). The Morgan fingerprint density at radius 3 is 2.18 bits per heavy atom. The van der Waals surface area contributed by atoms with Crippen LogP contribution in [0, 0.1) is 23.0 Å². The number of hydrogen-bond acceptors (Lipinski definition) is 3. The third-order valence-corrected chi connectivity index (χ3v) is 6.09. The molecule has 0 saturated heterocycles. The van der Waals surface area contributed by atoms with Crippen LogP contribution in [0.4, 0.5) is 22.0 Å². The zero-order valence-corrected chi connectivity index (χ0v) is 20.7. The summed E-state index contributed by atoms with van der Waals surface area (Å²) < 4.78 is 70.3. The monoisotopic (exact) mass is 537 g/mol. The van der Waals surface area contributed by atoms with E-state index in [0.29, 0.717) is 28.8 Å². The molecule has 5 nitrogen and oxygen atoms in total. The molecule has 1 aromatic heterocycles. The summed E-state index contributed by atoms with van der Waals surface area (Å²) in [5, 5.41) is 9.38. The van der Waals surface area contributed by atoms with Crippen molar-refractivity contribution in [1.82, 2.24) is 9.47 Å². The predicted molar refractivity (Wildman–Crippen MR) is 135 cm³/mol. The van der Waals surface area contributed by atoms with E-state index in [-0.39, 0.29) is 22.7 Å². The standard InChI is InChI=1S/C29H20F5N3O2/c1-36(2)27(38)18-8-6-17(7-9-18)19-4-3-5-20(12-19)26-14-24(29(32,33)34)23(15-35)28(39)37(26)16-21-10-11-22(30)13-25(21)31/h3-14H,16H2,1-2H3. The fraction of sp³-hybridized carbons (Fsp3) is 0.138. The second-order valence-electron chi connectivity index (χ2n) is 8.91. The first kappa shape index (κ1) is 27.3. The summed E-state index contributed by atoms with van der Waals surface area (Å²) in [7, 11) is 3.23. The molecule has 3 aromatic carbocycles. The Kier molecular flexibility index (Phi) is 7.36. The van der Waals surface area contributed by atoms with Crippen LogP contribution in [0.3, 0.4) is 0 Å². The number of halogens is 5. The van der Waals surface area contributed by atoms with Crippen LogP contribution in [0.2, 0.25) is 0 Å². The number of nitriles is 1. The van der Waals surface area contributed by atoms with Gasteiger partial charge in [0.25, 0.3) is 11.5 Å². The number of amides is 1. The third-order valence-electron chi connectivity index (χ3n) is 6.09. The van der Waals surface area contributed by atoms with Crippen LogP contribution >= 0.6 is 0 Å². The number of pyridine rings is 1. The van der Waals surface area contributed by atoms with Crippen molar-refractivity contribution in [3.8, 4) is 28.5 Å². The van der Waals surface area contributed by atoms with Crippen molar-refractivity contribution >= 4 is 5.91 Å². The minimum atomic E-state index is -5.01. The molecule has 39 heavy (non-hydrogen) atoms. The number of carbonyl (C=O) groups is 1. The van der Waals surface area contributed by atoms with Crippen molar-refractivity contribution in [2.75, 3.05) is 14.1 Å². The van der Waals surface area contributed by atoms with E-state index >= 15 is 0 Å². The molecule has 4 aromatic rings. The van der Waals surface area contributed by atoms with E-state index in [4.69, 9.17) is 0 Å². The van der Waals surface area contributed by atoms with Crippen LogP contribution in [-0.4, -0.2) is 29.5 Å². The normalized spacial score (nSPS) is 11.2. The van der Waals surface area contributed by atoms with Crippen LogP contribution in [0.5, 0.6) is 0 Å². The molecule has 0 aliphatic rings. The highest BCUT2D eigenvalue weighted by atomic mass is 19.4. The van der Waals surface area contributed by atoms with Gasteiger partial charge in [-0.2, -0.15) is 18.4 Å². The van der Waals surface area contributed by atoms with Gasteiger partial charge >= 0.3 is 6.18 Å². The number of rotatable bonds is 5. The van der Waals surface area contributed by atoms with E-state index in [1.54, 1.807) is 56.6 Å². The molecule has 198 valence electrons. The van der Waals surface area contributed by atoms with E-state index in [2.05, 4.69) is 0 Å². The zero-order valence-electron chi connectivity index (χ0n) is 20.7. The van der Waals surface area contributed by atoms with Gasteiger partial charge in [-0.3, -0.25) is 9.59 Å². The summed E-state index contributed by atoms with van der Waals surface area (Å²) in [6.45, 7) is -0.543. The fourth-order valence-electron chi connectivity index (χ4n) is 4.12. The topological polar surface area (TPSA) is 66.1 Å². The first-order valence-electron chi connectivity index (χ1n) is 11.5. The number of benzene rings is 3. The second kappa shape index (κ2) is 10.5. The van der Waals surface area contributed by atoms with E-state index in [1.807, 2.05) is 0 Å². The lowest BCUT2D eigenvalue weighted by Gasteiger charge is -2.18. The quantitative estimate of drug-likeness (QED) is 0.289. The Morgan fingerprint density at radius 1 is 0.923 bits per heavy atom. The molecule has 0 unspecified atom stereocenters. The molecule has 10 heteroatoms. The van der Waals surface area contributed by atoms with Gasteiger partial charge in [-0.05, 0) is 47.0 Å². The average Bonchev–Trinajstić information content (AvgIpc) is 2.90. The second-order valence-corrected chi connectivity index (χ2v) is 8.91. The average molecular weight is 537 g/mol. The number of hydrogen-bond donors (Lipinski definition) is 0. The molecule has 1 amide bonds. The molecule has 0 aliphatic heterocycles. The molecule has 0 N–H and O–H groups in total. The largest absolute Gasteiger partial charge is 0.417 e. The maximum Gasteiger partial charge on any atom is 0.417 e. The van der Waals surface area contributed by atoms with E-state index in [1.165, 1.54) is 17.0 Å². The number of alkyl halides is 3. The van der Waals surface area contributed by atoms with Gasteiger partial charge in [-0.1, -0.05) is 36.4 Å². The third kappa shape index (κ3) is 5.57. The van der Waals surface area contributed by atoms with Crippen LogP contribution in [-0.2, 0) is 12.7 Å². The lowest BCUT2D eigenvalue weighted by Crippen LogP contribution is -2.29. The van der Waals surface area contributed by atoms with Gasteiger partial charge in [0.1, 0.15) is 23.3 Å². The van der Waals surface area contributed by atoms with Crippen molar-refractivity contribution in [3.63, 3.8) is 0 Å². The summed E-state index contributed by atoms with van der Waals surface area (Å²) >= 11 is 0. The van der Waals surface area contributed by atoms with Gasteiger partial charge in [0.15, 0.2) is 0 Å². The lowest BCUT2D eigenvalue weighted by atomic mass is 9.98. The van der Waals surface area contributed by atoms with Crippen molar-refractivity contribution < 1.29 is 26.7 Å². The summed E-state index contributed by atoms with van der Waals surface area (Å²) in [4.78, 5) is 26.8. The smallest absolute Gasteiger partial charge is 0.345 e. The Labute approximate surface area is 220 Å². The molecule has 0 fully saturated rings. The van der Waals surface area contributed by atoms with Crippen molar-refractivity contribution in [2.24, 2.45) is 0 Å². The highest BCUT2D eigenvalue weighted by Crippen LogP contribution is 2.35. The molecular weight excluding hydrogens is 517 g/mol. The SMILES string of the molecule is CN(C)C(=O)c1ccc(-c2cccc(-c3cc(C(F)(F)F)c(C#N)c(=O)n3Cc3ccc(F)cc3F)c2)cc1. The minimum Gasteiger partial charge on any atom is -0.345 e. The van der Waals surface area contributed by atoms with Gasteiger partial charge in [-0.25, -0.2) is 8.78 Å². The van der Waals surface area contributed by atoms with Crippen molar-refractivity contribution in [3.05, 3.63) is 117 Å². The van der Waals surface area contributed by atoms with Gasteiger partial charge in [0, 0.05) is 31.3 Å². The highest BCUT2D eigenvalue weighted by molar-refractivity contribution is 5.94. The van der Waals surface area contributed by atoms with Crippen molar-refractivity contribution in [2.45, 2.75) is 12.7 Å². The molecule has 0 radical (unpaired) electrons. The molecule has 0 saturated carbocycles. The molecule has 0 atom stereocenters. The van der Waals surface area contributed by atoms with Crippen LogP contribution in [0.25, 0.3) is 22.4 Å². The van der Waals surface area contributed by atoms with Crippen LogP contribution in [0.1, 0.15) is 27.0 Å². The number of carbonyl (C=O) groups excluding carboxylic acids is 1. The van der Waals surface area contributed by atoms with Crippen LogP contribution < -0.4 is 5.56 Å². The summed E-state index contributed by atoms with van der Waals surface area (Å²) in [5.41, 5.74) is -2.33. The first-order valence-corrected chi connectivity index (χ1v) is 11.5. The molecule has 0 bridgehead atoms. The van der Waals surface area contributed by atoms with Crippen LogP contribution in [0.15, 0.2) is 77.6 Å². The molecular formula is C29H20F5N3O2. The Balaban J connectivity index is 1.90. The summed E-state index contributed by atoms with van der Waals surface area (Å²) in [6, 6.07) is 17.5. The fourth-order valence-corrected chi connectivity index (χ4v) is 4.12. The molecule has 0 spiro atoms. The Morgan fingerprint density at radius 2 is 1.59 bits per heavy atom. The molecule has 1 heterocycles. The summed E-state index contributed by atoms with van der Waals surface area (Å²) in [5.74, 6) is -2.06. The van der Waals surface area contributed by atoms with Gasteiger partial charge < -0.3 is 9.47 Å². The Bertz CT molecular complexity index is 1670. The Hall–Kier alpha value is -4.78. The molecule has 0 aliphatic carbocycles. The van der Waals surface area contributed by atoms with Crippen molar-refractivity contribution in [1.29, 1.82) is 5.26 Å². The van der Waals surface area contributed by atoms with E-state index in [9.17, 15) is 36.8 Å². The lowest BCUT2D eigenvalue weighted by molar-refractivity contribution is -0.137. The van der Waals surface area contributed by atoms with Gasteiger partial charge in [0.05, 0.1) is 17.8 Å². The maximum atomic E-state index is 14.5. The predicted octanol–water partition coefficient (Wildman–Crippen LogP) is 6.10. The first-order chi connectivity index (χ1) is 18.4. The maximum absolute atomic E-state index is 14.5. The highest BCUT2D eigenvalue weighted by Gasteiger charge is 2.36. The minimum absolute atomic E-state index is 0.152. The summed E-state index contributed by atoms with van der Waals surface area (Å²) in [6.07, 6.45) is -5.01. The number of aromatic nitrogens is 1. The zero-order chi connectivity index (χ0) is 28.5. The van der Waals surface area contributed by atoms with Gasteiger partial charge in [-0.15, -0.1) is 0 Å². The number of nitrogens with zero attached hydrogens (tertiary/aromatic N) is 3. The van der Waals surface area contributed by atoms with Gasteiger partial charge in [0.2, 0.25) is 0 Å². The van der Waals surface area contributed by atoms with E-state index in [0.717, 1.165) is 16.7 Å². The van der Waals surface area contributed by atoms with E-state index < -0.39 is 41.0 Å².